The Kier molecular flexibility index (Phi) is 5.20. The molecule has 2 aromatic carbocycles. The third-order valence-electron chi connectivity index (χ3n) is 3.40. The zero-order valence-electron chi connectivity index (χ0n) is 13.4. The first-order valence-electron chi connectivity index (χ1n) is 7.51. The van der Waals surface area contributed by atoms with Crippen LogP contribution >= 0.6 is 11.8 Å². The number of hydrogen-bond donors (Lipinski definition) is 0. The summed E-state index contributed by atoms with van der Waals surface area (Å²) in [6, 6.07) is 16.3. The van der Waals surface area contributed by atoms with Crippen molar-refractivity contribution >= 4 is 23.7 Å². The minimum atomic E-state index is -0.427. The number of non-ortho nitro benzene ring substituents is 1. The van der Waals surface area contributed by atoms with Gasteiger partial charge in [-0.2, -0.15) is 9.78 Å². The molecule has 1 aromatic heterocycles. The topological polar surface area (TPSA) is 86.2 Å². The van der Waals surface area contributed by atoms with E-state index in [1.54, 1.807) is 34.8 Å². The molecule has 0 unspecified atom stereocenters. The average molecular weight is 353 g/mol. The van der Waals surface area contributed by atoms with Gasteiger partial charge in [0.1, 0.15) is 0 Å². The van der Waals surface area contributed by atoms with Gasteiger partial charge in [0.05, 0.1) is 11.1 Å². The number of aryl methyl sites for hydroxylation is 1. The third kappa shape index (κ3) is 4.30. The number of rotatable bonds is 6. The lowest BCUT2D eigenvalue weighted by Crippen LogP contribution is -1.96. The van der Waals surface area contributed by atoms with Crippen LogP contribution in [-0.4, -0.2) is 26.0 Å². The molecular weight excluding hydrogens is 338 g/mol. The van der Waals surface area contributed by atoms with Crippen molar-refractivity contribution in [2.45, 2.75) is 17.8 Å². The number of nitro benzene ring substituents is 1. The largest absolute Gasteiger partial charge is 0.269 e. The third-order valence-corrected chi connectivity index (χ3v) is 4.40. The average Bonchev–Trinajstić information content (AvgIpc) is 2.99. The van der Waals surface area contributed by atoms with Crippen molar-refractivity contribution < 1.29 is 4.92 Å². The summed E-state index contributed by atoms with van der Waals surface area (Å²) in [5.74, 6) is 1.44. The summed E-state index contributed by atoms with van der Waals surface area (Å²) < 4.78 is 1.66. The van der Waals surface area contributed by atoms with Gasteiger partial charge < -0.3 is 0 Å². The smallest absolute Gasteiger partial charge is 0.258 e. The lowest BCUT2D eigenvalue weighted by molar-refractivity contribution is -0.384. The van der Waals surface area contributed by atoms with Crippen molar-refractivity contribution in [3.8, 4) is 0 Å². The van der Waals surface area contributed by atoms with Crippen LogP contribution in [0.4, 0.5) is 5.69 Å². The van der Waals surface area contributed by atoms with Gasteiger partial charge in [0.25, 0.3) is 5.69 Å². The van der Waals surface area contributed by atoms with Crippen LogP contribution in [0, 0.1) is 17.0 Å². The van der Waals surface area contributed by atoms with Crippen molar-refractivity contribution in [1.82, 2.24) is 14.9 Å². The summed E-state index contributed by atoms with van der Waals surface area (Å²) in [6.45, 7) is 1.83. The van der Waals surface area contributed by atoms with Crippen LogP contribution in [0.25, 0.3) is 0 Å². The van der Waals surface area contributed by atoms with Crippen LogP contribution in [0.2, 0.25) is 0 Å². The Labute approximate surface area is 148 Å². The number of aromatic nitrogens is 3. The van der Waals surface area contributed by atoms with E-state index in [-0.39, 0.29) is 5.69 Å². The molecule has 0 radical (unpaired) electrons. The predicted octanol–water partition coefficient (Wildman–Crippen LogP) is 3.67. The van der Waals surface area contributed by atoms with Crippen LogP contribution in [0.5, 0.6) is 0 Å². The second-order valence-electron chi connectivity index (χ2n) is 5.21. The maximum Gasteiger partial charge on any atom is 0.269 e. The first-order chi connectivity index (χ1) is 12.1. The Morgan fingerprint density at radius 1 is 1.16 bits per heavy atom. The molecule has 3 aromatic rings. The van der Waals surface area contributed by atoms with Crippen LogP contribution < -0.4 is 0 Å². The minimum absolute atomic E-state index is 0.0525. The van der Waals surface area contributed by atoms with E-state index in [4.69, 9.17) is 0 Å². The Morgan fingerprint density at radius 3 is 2.56 bits per heavy atom. The van der Waals surface area contributed by atoms with Gasteiger partial charge in [0.15, 0.2) is 5.82 Å². The van der Waals surface area contributed by atoms with Gasteiger partial charge in [-0.05, 0) is 30.2 Å². The van der Waals surface area contributed by atoms with Gasteiger partial charge in [-0.25, -0.2) is 0 Å². The lowest BCUT2D eigenvalue weighted by Gasteiger charge is -2.02. The van der Waals surface area contributed by atoms with Gasteiger partial charge in [0, 0.05) is 17.9 Å². The molecule has 126 valence electrons. The molecule has 0 fully saturated rings. The number of benzene rings is 2. The molecule has 0 aliphatic carbocycles. The zero-order valence-corrected chi connectivity index (χ0v) is 14.3. The predicted molar refractivity (Wildman–Crippen MR) is 96.9 cm³/mol. The second kappa shape index (κ2) is 7.71. The highest BCUT2D eigenvalue weighted by atomic mass is 32.2. The molecule has 0 aliphatic heterocycles. The second-order valence-corrected chi connectivity index (χ2v) is 6.15. The maximum absolute atomic E-state index is 10.7. The normalized spacial score (nSPS) is 11.1. The lowest BCUT2D eigenvalue weighted by atomic mass is 10.2. The van der Waals surface area contributed by atoms with Crippen molar-refractivity contribution in [1.29, 1.82) is 0 Å². The molecular formula is C17H15N5O2S. The fourth-order valence-corrected chi connectivity index (χ4v) is 2.98. The Balaban J connectivity index is 1.73. The molecule has 1 heterocycles. The van der Waals surface area contributed by atoms with Crippen molar-refractivity contribution in [3.05, 3.63) is 81.7 Å². The number of nitrogens with zero attached hydrogens (tertiary/aromatic N) is 5. The molecule has 0 saturated carbocycles. The highest BCUT2D eigenvalue weighted by molar-refractivity contribution is 7.98. The molecule has 8 heteroatoms. The fourth-order valence-electron chi connectivity index (χ4n) is 2.09. The van der Waals surface area contributed by atoms with Crippen LogP contribution in [-0.2, 0) is 5.75 Å². The van der Waals surface area contributed by atoms with Gasteiger partial charge in [-0.15, -0.1) is 10.2 Å². The van der Waals surface area contributed by atoms with Gasteiger partial charge in [-0.3, -0.25) is 10.1 Å². The molecule has 0 amide bonds. The zero-order chi connectivity index (χ0) is 17.6. The summed E-state index contributed by atoms with van der Waals surface area (Å²) in [6.07, 6.45) is 1.63. The fraction of sp³-hybridized carbons (Fsp3) is 0.118. The molecule has 25 heavy (non-hydrogen) atoms. The molecule has 0 atom stereocenters. The quantitative estimate of drug-likeness (QED) is 0.292. The molecule has 0 saturated heterocycles. The maximum atomic E-state index is 10.7. The highest BCUT2D eigenvalue weighted by Gasteiger charge is 2.09. The van der Waals surface area contributed by atoms with Gasteiger partial charge in [-0.1, -0.05) is 42.1 Å². The van der Waals surface area contributed by atoms with Crippen molar-refractivity contribution in [2.75, 3.05) is 0 Å². The van der Waals surface area contributed by atoms with Crippen molar-refractivity contribution in [2.24, 2.45) is 5.10 Å². The molecule has 0 spiro atoms. The first-order valence-corrected chi connectivity index (χ1v) is 8.49. The van der Waals surface area contributed by atoms with Crippen LogP contribution in [0.3, 0.4) is 0 Å². The molecule has 0 N–H and O–H groups in total. The molecule has 0 bridgehead atoms. The molecule has 7 nitrogen and oxygen atoms in total. The van der Waals surface area contributed by atoms with Crippen LogP contribution in [0.15, 0.2) is 64.9 Å². The van der Waals surface area contributed by atoms with E-state index in [0.29, 0.717) is 11.0 Å². The SMILES string of the molecule is Cc1nnc(SCc2ccccc2)n1/N=C/c1ccc([N+](=O)[O-])cc1. The number of hydrogen-bond acceptors (Lipinski definition) is 6. The van der Waals surface area contributed by atoms with E-state index in [9.17, 15) is 10.1 Å². The summed E-state index contributed by atoms with van der Waals surface area (Å²) >= 11 is 1.55. The van der Waals surface area contributed by atoms with E-state index in [2.05, 4.69) is 27.4 Å². The highest BCUT2D eigenvalue weighted by Crippen LogP contribution is 2.21. The number of thioether (sulfide) groups is 1. The summed E-state index contributed by atoms with van der Waals surface area (Å²) in [7, 11) is 0. The minimum Gasteiger partial charge on any atom is -0.258 e. The van der Waals surface area contributed by atoms with Crippen molar-refractivity contribution in [3.63, 3.8) is 0 Å². The van der Waals surface area contributed by atoms with Gasteiger partial charge >= 0.3 is 0 Å². The van der Waals surface area contributed by atoms with E-state index >= 15 is 0 Å². The summed E-state index contributed by atoms with van der Waals surface area (Å²) in [4.78, 5) is 10.3. The van der Waals surface area contributed by atoms with E-state index in [1.165, 1.54) is 17.7 Å². The van der Waals surface area contributed by atoms with E-state index in [1.807, 2.05) is 25.1 Å². The Bertz CT molecular complexity index is 891. The summed E-state index contributed by atoms with van der Waals surface area (Å²) in [5.41, 5.74) is 2.01. The monoisotopic (exact) mass is 353 g/mol. The molecule has 0 aliphatic rings. The van der Waals surface area contributed by atoms with E-state index in [0.717, 1.165) is 11.3 Å². The first kappa shape index (κ1) is 16.8. The van der Waals surface area contributed by atoms with Gasteiger partial charge in [0.2, 0.25) is 5.16 Å². The number of nitro groups is 1. The Morgan fingerprint density at radius 2 is 1.88 bits per heavy atom. The summed E-state index contributed by atoms with van der Waals surface area (Å²) in [5, 5.41) is 24.0. The standard InChI is InChI=1S/C17H15N5O2S/c1-13-19-20-17(25-12-15-5-3-2-4-6-15)21(13)18-11-14-7-9-16(10-8-14)22(23)24/h2-11H,12H2,1H3/b18-11+. The molecule has 3 rings (SSSR count). The van der Waals surface area contributed by atoms with E-state index < -0.39 is 4.92 Å². The Hall–Kier alpha value is -3.00. The van der Waals surface area contributed by atoms with Crippen LogP contribution in [0.1, 0.15) is 17.0 Å².